The van der Waals surface area contributed by atoms with Gasteiger partial charge in [0.25, 0.3) is 0 Å². The lowest BCUT2D eigenvalue weighted by Crippen LogP contribution is -1.93. The molecule has 0 N–H and O–H groups in total. The first-order chi connectivity index (χ1) is 10.5. The summed E-state index contributed by atoms with van der Waals surface area (Å²) in [4.78, 5) is 0. The van der Waals surface area contributed by atoms with Crippen LogP contribution in [0, 0.1) is 6.92 Å². The Kier molecular flexibility index (Phi) is 8.00. The highest BCUT2D eigenvalue weighted by Gasteiger charge is 2.17. The minimum absolute atomic E-state index is 0.0509. The average molecular weight is 310 g/mol. The molecule has 0 radical (unpaired) electrons. The van der Waals surface area contributed by atoms with Crippen LogP contribution in [0.5, 0.6) is 0 Å². The van der Waals surface area contributed by atoms with E-state index in [-0.39, 0.29) is 12.0 Å². The quantitative estimate of drug-likeness (QED) is 0.445. The van der Waals surface area contributed by atoms with E-state index in [0.29, 0.717) is 18.4 Å². The normalized spacial score (nSPS) is 13.7. The van der Waals surface area contributed by atoms with Gasteiger partial charge in [-0.3, -0.25) is 0 Å². The van der Waals surface area contributed by atoms with Gasteiger partial charge in [-0.25, -0.2) is 13.2 Å². The number of hydrogen-bond donors (Lipinski definition) is 0. The second kappa shape index (κ2) is 9.50. The van der Waals surface area contributed by atoms with E-state index in [4.69, 9.17) is 0 Å². The Morgan fingerprint density at radius 1 is 0.818 bits per heavy atom. The van der Waals surface area contributed by atoms with Crippen molar-refractivity contribution in [2.75, 3.05) is 0 Å². The molecule has 0 aliphatic carbocycles. The number of allylic oxidation sites excluding steroid dienone is 4. The van der Waals surface area contributed by atoms with Gasteiger partial charge in [0.1, 0.15) is 5.83 Å². The molecule has 1 rings (SSSR count). The summed E-state index contributed by atoms with van der Waals surface area (Å²) in [6.07, 6.45) is 3.21. The molecule has 1 aromatic carbocycles. The summed E-state index contributed by atoms with van der Waals surface area (Å²) >= 11 is 0. The summed E-state index contributed by atoms with van der Waals surface area (Å²) in [7, 11) is 0. The molecule has 0 saturated heterocycles. The first kappa shape index (κ1) is 18.5. The second-order valence-electron chi connectivity index (χ2n) is 5.58. The number of halogens is 3. The fourth-order valence-corrected chi connectivity index (χ4v) is 2.18. The predicted octanol–water partition coefficient (Wildman–Crippen LogP) is 7.21. The third-order valence-electron chi connectivity index (χ3n) is 3.63. The van der Waals surface area contributed by atoms with Crippen LogP contribution in [-0.2, 0) is 0 Å². The Bertz CT molecular complexity index is 524. The zero-order chi connectivity index (χ0) is 16.5. The first-order valence-electron chi connectivity index (χ1n) is 8.01. The van der Waals surface area contributed by atoms with Crippen molar-refractivity contribution in [1.82, 2.24) is 0 Å². The molecular weight excluding hydrogens is 285 g/mol. The van der Waals surface area contributed by atoms with Gasteiger partial charge in [-0.05, 0) is 37.3 Å². The fourth-order valence-electron chi connectivity index (χ4n) is 2.18. The third kappa shape index (κ3) is 5.36. The Balaban J connectivity index is 3.19. The summed E-state index contributed by atoms with van der Waals surface area (Å²) in [6, 6.07) is 7.22. The molecule has 0 amide bonds. The highest BCUT2D eigenvalue weighted by Crippen LogP contribution is 2.33. The smallest absolute Gasteiger partial charge is 0.190 e. The van der Waals surface area contributed by atoms with Gasteiger partial charge in [-0.2, -0.15) is 0 Å². The van der Waals surface area contributed by atoms with Gasteiger partial charge >= 0.3 is 0 Å². The maximum Gasteiger partial charge on any atom is 0.190 e. The lowest BCUT2D eigenvalue weighted by Gasteiger charge is -2.10. The van der Waals surface area contributed by atoms with Crippen molar-refractivity contribution < 1.29 is 13.2 Å². The monoisotopic (exact) mass is 310 g/mol. The van der Waals surface area contributed by atoms with Gasteiger partial charge in [0.2, 0.25) is 0 Å². The van der Waals surface area contributed by atoms with Crippen LogP contribution in [0.15, 0.2) is 41.7 Å². The van der Waals surface area contributed by atoms with Crippen molar-refractivity contribution in [2.24, 2.45) is 0 Å². The molecule has 0 aliphatic heterocycles. The van der Waals surface area contributed by atoms with Gasteiger partial charge < -0.3 is 0 Å². The lowest BCUT2D eigenvalue weighted by molar-refractivity contribution is 0.470. The van der Waals surface area contributed by atoms with Crippen LogP contribution in [-0.4, -0.2) is 0 Å². The van der Waals surface area contributed by atoms with E-state index in [0.717, 1.165) is 24.8 Å². The summed E-state index contributed by atoms with van der Waals surface area (Å²) in [5.41, 5.74) is 1.92. The van der Waals surface area contributed by atoms with Crippen molar-refractivity contribution in [3.8, 4) is 0 Å². The zero-order valence-electron chi connectivity index (χ0n) is 13.7. The van der Waals surface area contributed by atoms with Crippen LogP contribution in [0.2, 0.25) is 0 Å². The number of rotatable bonds is 8. The van der Waals surface area contributed by atoms with Gasteiger partial charge in [0, 0.05) is 6.42 Å². The molecule has 122 valence electrons. The summed E-state index contributed by atoms with van der Waals surface area (Å²) in [5.74, 6) is -3.37. The number of aryl methyl sites for hydroxylation is 1. The molecule has 0 heterocycles. The van der Waals surface area contributed by atoms with Crippen LogP contribution in [0.4, 0.5) is 13.2 Å². The van der Waals surface area contributed by atoms with Crippen molar-refractivity contribution in [3.05, 3.63) is 52.9 Å². The van der Waals surface area contributed by atoms with E-state index < -0.39 is 17.5 Å². The van der Waals surface area contributed by atoms with Gasteiger partial charge in [0.05, 0.1) is 0 Å². The number of hydrogen-bond acceptors (Lipinski definition) is 0. The molecular formula is C19H25F3. The van der Waals surface area contributed by atoms with Crippen molar-refractivity contribution in [3.63, 3.8) is 0 Å². The Labute approximate surface area is 131 Å². The number of unbranched alkanes of at least 4 members (excludes halogenated alkanes) is 2. The maximum absolute atomic E-state index is 14.5. The second-order valence-corrected chi connectivity index (χ2v) is 5.58. The Morgan fingerprint density at radius 2 is 1.36 bits per heavy atom. The molecule has 0 bridgehead atoms. The van der Waals surface area contributed by atoms with Crippen LogP contribution in [0.1, 0.15) is 63.5 Å². The van der Waals surface area contributed by atoms with Crippen LogP contribution in [0.3, 0.4) is 0 Å². The molecule has 0 fully saturated rings. The topological polar surface area (TPSA) is 0 Å². The van der Waals surface area contributed by atoms with Crippen molar-refractivity contribution in [2.45, 2.75) is 59.3 Å². The largest absolute Gasteiger partial charge is 0.208 e. The van der Waals surface area contributed by atoms with E-state index in [1.165, 1.54) is 0 Å². The molecule has 0 nitrogen and oxygen atoms in total. The van der Waals surface area contributed by atoms with E-state index in [9.17, 15) is 13.2 Å². The van der Waals surface area contributed by atoms with Crippen LogP contribution >= 0.6 is 0 Å². The molecule has 3 heteroatoms. The van der Waals surface area contributed by atoms with E-state index in [1.807, 2.05) is 32.9 Å². The molecule has 1 aromatic rings. The van der Waals surface area contributed by atoms with Crippen LogP contribution < -0.4 is 0 Å². The molecule has 0 atom stereocenters. The fraction of sp³-hybridized carbons (Fsp3) is 0.474. The SMILES string of the molecule is CCCC/C(=C(F)\C(F)=C(/F)CCCC)c1ccc(C)cc1. The number of benzene rings is 1. The molecule has 0 spiro atoms. The van der Waals surface area contributed by atoms with E-state index in [1.54, 1.807) is 12.1 Å². The van der Waals surface area contributed by atoms with Crippen molar-refractivity contribution >= 4 is 5.57 Å². The predicted molar refractivity (Wildman–Crippen MR) is 87.5 cm³/mol. The Morgan fingerprint density at radius 3 is 1.91 bits per heavy atom. The highest BCUT2D eigenvalue weighted by atomic mass is 19.2. The van der Waals surface area contributed by atoms with Gasteiger partial charge in [0.15, 0.2) is 11.7 Å². The zero-order valence-corrected chi connectivity index (χ0v) is 13.7. The van der Waals surface area contributed by atoms with Crippen LogP contribution in [0.25, 0.3) is 5.57 Å². The minimum Gasteiger partial charge on any atom is -0.208 e. The third-order valence-corrected chi connectivity index (χ3v) is 3.63. The summed E-state index contributed by atoms with van der Waals surface area (Å²) in [6.45, 7) is 5.80. The molecule has 0 aliphatic rings. The highest BCUT2D eigenvalue weighted by molar-refractivity contribution is 5.70. The maximum atomic E-state index is 14.5. The average Bonchev–Trinajstić information content (AvgIpc) is 2.53. The van der Waals surface area contributed by atoms with E-state index >= 15 is 0 Å². The summed E-state index contributed by atoms with van der Waals surface area (Å²) in [5, 5.41) is 0. The molecule has 0 aromatic heterocycles. The summed E-state index contributed by atoms with van der Waals surface area (Å²) < 4.78 is 42.2. The van der Waals surface area contributed by atoms with Crippen molar-refractivity contribution in [1.29, 1.82) is 0 Å². The lowest BCUT2D eigenvalue weighted by atomic mass is 9.97. The first-order valence-corrected chi connectivity index (χ1v) is 8.01. The van der Waals surface area contributed by atoms with Gasteiger partial charge in [-0.15, -0.1) is 0 Å². The molecule has 22 heavy (non-hydrogen) atoms. The molecule has 0 unspecified atom stereocenters. The van der Waals surface area contributed by atoms with E-state index in [2.05, 4.69) is 0 Å². The van der Waals surface area contributed by atoms with Gasteiger partial charge in [-0.1, -0.05) is 56.5 Å². The standard InChI is InChI=1S/C19H25F3/c1-4-6-8-16(15-12-10-14(3)11-13-15)18(21)19(22)17(20)9-7-5-2/h10-13H,4-9H2,1-3H3/b18-16-,19-17+. The molecule has 0 saturated carbocycles. The minimum atomic E-state index is -1.33. The Hall–Kier alpha value is -1.51.